The summed E-state index contributed by atoms with van der Waals surface area (Å²) in [5.74, 6) is 1.52. The molecule has 398 valence electrons. The van der Waals surface area contributed by atoms with E-state index in [1.165, 1.54) is 11.8 Å². The second kappa shape index (κ2) is 28.5. The molecule has 0 spiro atoms. The van der Waals surface area contributed by atoms with Gasteiger partial charge in [0.2, 0.25) is 0 Å². The first-order chi connectivity index (χ1) is 35.3. The first-order valence-corrected chi connectivity index (χ1v) is 28.2. The summed E-state index contributed by atoms with van der Waals surface area (Å²) in [7, 11) is 0. The molecule has 0 radical (unpaired) electrons. The summed E-state index contributed by atoms with van der Waals surface area (Å²) in [6.45, 7) is 17.2. The fourth-order valence-electron chi connectivity index (χ4n) is 8.64. The van der Waals surface area contributed by atoms with Gasteiger partial charge < -0.3 is 38.1 Å². The molecule has 0 atom stereocenters. The molecule has 0 aromatic heterocycles. The van der Waals surface area contributed by atoms with Gasteiger partial charge in [-0.15, -0.1) is 23.5 Å². The van der Waals surface area contributed by atoms with Crippen LogP contribution in [0.3, 0.4) is 0 Å². The van der Waals surface area contributed by atoms with Crippen LogP contribution in [0.5, 0.6) is 11.5 Å². The Kier molecular flexibility index (Phi) is 22.9. The lowest BCUT2D eigenvalue weighted by Crippen LogP contribution is -2.17. The number of ketones is 4. The molecule has 5 aromatic rings. The van der Waals surface area contributed by atoms with Crippen molar-refractivity contribution in [2.45, 2.75) is 140 Å². The SMILES string of the molecule is CCCCCCOc1cc(N)ccc1C(=O)Cc1cc(C(C)(C)C)cc(CC(=O)c2cccc(C(=O)Cc3cc(C(C)(C)C)cc(CC(=O)c4ccc(N)cc4OCCCCCN)c3SCCN)c2)c1SCCN. The smallest absolute Gasteiger partial charge is 0.171 e. The summed E-state index contributed by atoms with van der Waals surface area (Å²) in [4.78, 5) is 59.4. The fraction of sp³-hybridized carbons (Fsp3) is 0.443. The zero-order valence-electron chi connectivity index (χ0n) is 45.0. The summed E-state index contributed by atoms with van der Waals surface area (Å²) in [6.07, 6.45) is 7.01. The molecule has 0 aliphatic heterocycles. The van der Waals surface area contributed by atoms with Crippen LogP contribution in [0.25, 0.3) is 0 Å². The third-order valence-electron chi connectivity index (χ3n) is 12.8. The van der Waals surface area contributed by atoms with Crippen LogP contribution in [0.4, 0.5) is 11.4 Å². The molecule has 0 saturated carbocycles. The summed E-state index contributed by atoms with van der Waals surface area (Å²) in [5, 5.41) is 0. The highest BCUT2D eigenvalue weighted by Gasteiger charge is 2.26. The molecule has 0 amide bonds. The number of ether oxygens (including phenoxy) is 2. The van der Waals surface area contributed by atoms with Crippen molar-refractivity contribution in [3.63, 3.8) is 0 Å². The van der Waals surface area contributed by atoms with Crippen LogP contribution >= 0.6 is 23.5 Å². The largest absolute Gasteiger partial charge is 0.493 e. The van der Waals surface area contributed by atoms with Crippen LogP contribution in [-0.2, 0) is 36.5 Å². The Hall–Kier alpha value is -5.44. The van der Waals surface area contributed by atoms with Crippen molar-refractivity contribution in [2.75, 3.05) is 55.8 Å². The monoisotopic (exact) mass is 1040 g/mol. The lowest BCUT2D eigenvalue weighted by molar-refractivity contribution is 0.0979. The number of unbranched alkanes of at least 4 members (excludes halogenated alkanes) is 5. The summed E-state index contributed by atoms with van der Waals surface area (Å²) >= 11 is 3.08. The van der Waals surface area contributed by atoms with Crippen LogP contribution < -0.4 is 38.1 Å². The number of rotatable bonds is 30. The van der Waals surface area contributed by atoms with Crippen LogP contribution in [-0.4, -0.2) is 67.5 Å². The number of nitrogens with two attached hydrogens (primary N) is 5. The van der Waals surface area contributed by atoms with Crippen molar-refractivity contribution < 1.29 is 28.7 Å². The van der Waals surface area contributed by atoms with Crippen LogP contribution in [0.1, 0.15) is 168 Å². The quantitative estimate of drug-likeness (QED) is 0.0125. The molecule has 74 heavy (non-hydrogen) atoms. The molecule has 11 nitrogen and oxygen atoms in total. The topological polar surface area (TPSA) is 217 Å². The molecule has 0 aliphatic rings. The summed E-state index contributed by atoms with van der Waals surface area (Å²) in [6, 6.07) is 25.5. The summed E-state index contributed by atoms with van der Waals surface area (Å²) < 4.78 is 12.3. The highest BCUT2D eigenvalue weighted by atomic mass is 32.2. The average Bonchev–Trinajstić information content (AvgIpc) is 3.35. The van der Waals surface area contributed by atoms with E-state index in [4.69, 9.17) is 38.1 Å². The maximum atomic E-state index is 14.6. The third kappa shape index (κ3) is 17.3. The molecule has 10 N–H and O–H groups in total. The molecule has 0 bridgehead atoms. The van der Waals surface area contributed by atoms with E-state index in [0.717, 1.165) is 88.1 Å². The number of Topliss-reactive ketones (excluding diaryl/α,β-unsaturated/α-hetero) is 4. The number of benzene rings is 5. The predicted molar refractivity (Wildman–Crippen MR) is 308 cm³/mol. The van der Waals surface area contributed by atoms with E-state index >= 15 is 0 Å². The van der Waals surface area contributed by atoms with Gasteiger partial charge in [0.15, 0.2) is 23.1 Å². The van der Waals surface area contributed by atoms with E-state index in [1.807, 2.05) is 0 Å². The number of thioether (sulfide) groups is 2. The lowest BCUT2D eigenvalue weighted by Gasteiger charge is -2.24. The van der Waals surface area contributed by atoms with Crippen molar-refractivity contribution in [2.24, 2.45) is 17.2 Å². The van der Waals surface area contributed by atoms with E-state index in [0.29, 0.717) is 89.5 Å². The van der Waals surface area contributed by atoms with Gasteiger partial charge in [-0.3, -0.25) is 19.2 Å². The zero-order valence-corrected chi connectivity index (χ0v) is 46.6. The number of hydrogen-bond donors (Lipinski definition) is 5. The first-order valence-electron chi connectivity index (χ1n) is 26.2. The van der Waals surface area contributed by atoms with Gasteiger partial charge in [-0.2, -0.15) is 0 Å². The fourth-order valence-corrected chi connectivity index (χ4v) is 10.5. The highest BCUT2D eigenvalue weighted by molar-refractivity contribution is 7.99. The zero-order chi connectivity index (χ0) is 54.0. The van der Waals surface area contributed by atoms with Gasteiger partial charge in [-0.25, -0.2) is 0 Å². The molecule has 5 rings (SSSR count). The Balaban J connectivity index is 1.46. The van der Waals surface area contributed by atoms with Crippen molar-refractivity contribution >= 4 is 58.0 Å². The lowest BCUT2D eigenvalue weighted by atomic mass is 9.83. The number of hydrogen-bond acceptors (Lipinski definition) is 13. The molecular formula is C61H81N5O6S2. The van der Waals surface area contributed by atoms with E-state index in [2.05, 4.69) is 72.7 Å². The molecule has 0 saturated heterocycles. The van der Waals surface area contributed by atoms with Gasteiger partial charge in [0.1, 0.15) is 11.5 Å². The van der Waals surface area contributed by atoms with Crippen LogP contribution in [0.2, 0.25) is 0 Å². The molecule has 0 aliphatic carbocycles. The maximum Gasteiger partial charge on any atom is 0.171 e. The minimum absolute atomic E-state index is 0.0409. The minimum atomic E-state index is -0.308. The van der Waals surface area contributed by atoms with Gasteiger partial charge in [0.05, 0.1) is 24.3 Å². The second-order valence-electron chi connectivity index (χ2n) is 21.1. The maximum absolute atomic E-state index is 14.6. The Morgan fingerprint density at radius 2 is 0.865 bits per heavy atom. The van der Waals surface area contributed by atoms with E-state index < -0.39 is 0 Å². The number of carbonyl (C=O) groups excluding carboxylic acids is 4. The molecule has 13 heteroatoms. The van der Waals surface area contributed by atoms with Crippen molar-refractivity contribution in [1.29, 1.82) is 0 Å². The van der Waals surface area contributed by atoms with Crippen LogP contribution in [0, 0.1) is 0 Å². The van der Waals surface area contributed by atoms with Gasteiger partial charge in [0.25, 0.3) is 0 Å². The van der Waals surface area contributed by atoms with E-state index in [-0.39, 0.29) is 59.6 Å². The molecule has 0 fully saturated rings. The predicted octanol–water partition coefficient (Wildman–Crippen LogP) is 11.7. The van der Waals surface area contributed by atoms with E-state index in [1.54, 1.807) is 72.4 Å². The van der Waals surface area contributed by atoms with Crippen LogP contribution in [0.15, 0.2) is 94.7 Å². The third-order valence-corrected chi connectivity index (χ3v) is 15.3. The number of carbonyl (C=O) groups is 4. The van der Waals surface area contributed by atoms with Gasteiger partial charge in [-0.1, -0.05) is 110 Å². The molecule has 5 aromatic carbocycles. The number of nitrogen functional groups attached to an aromatic ring is 2. The van der Waals surface area contributed by atoms with E-state index in [9.17, 15) is 19.2 Å². The normalized spacial score (nSPS) is 11.7. The van der Waals surface area contributed by atoms with Crippen molar-refractivity contribution in [3.8, 4) is 11.5 Å². The second-order valence-corrected chi connectivity index (χ2v) is 23.3. The van der Waals surface area contributed by atoms with Gasteiger partial charge in [0, 0.05) is 94.7 Å². The standard InChI is InChI=1S/C61H81N5O6S2/c1-8-9-10-13-25-71-56-38-48(65)18-20-50(56)54(69)36-44-32-46(60(2,3)4)30-42(58(44)73-27-23-63)34-52(67)40-16-15-17-41(29-40)53(68)35-43-31-47(61(5,6)7)33-45(59(43)74-28-24-64)37-55(70)51-21-19-49(66)39-57(51)72-26-14-11-12-22-62/h15-21,29-33,38-39H,8-14,22-28,34-37,62-66H2,1-7H3. The van der Waals surface area contributed by atoms with Gasteiger partial charge >= 0.3 is 0 Å². The molecule has 0 unspecified atom stereocenters. The van der Waals surface area contributed by atoms with Crippen molar-refractivity contribution in [1.82, 2.24) is 0 Å². The molecule has 0 heterocycles. The molecular weight excluding hydrogens is 963 g/mol. The van der Waals surface area contributed by atoms with Gasteiger partial charge in [-0.05, 0) is 107 Å². The summed E-state index contributed by atoms with van der Waals surface area (Å²) in [5.41, 5.74) is 37.5. The highest BCUT2D eigenvalue weighted by Crippen LogP contribution is 2.38. The number of anilines is 2. The Bertz CT molecular complexity index is 2540. The minimum Gasteiger partial charge on any atom is -0.493 e. The first kappa shape index (κ1) is 59.4. The average molecular weight is 1040 g/mol. The Morgan fingerprint density at radius 3 is 1.23 bits per heavy atom. The van der Waals surface area contributed by atoms with Crippen molar-refractivity contribution in [3.05, 3.63) is 141 Å². The Labute approximate surface area is 449 Å². The Morgan fingerprint density at radius 1 is 0.473 bits per heavy atom.